The molecule has 99 heavy (non-hydrogen) atoms. The van der Waals surface area contributed by atoms with Crippen LogP contribution in [0.5, 0.6) is 11.5 Å². The van der Waals surface area contributed by atoms with Crippen molar-refractivity contribution in [1.82, 2.24) is 19.9 Å². The van der Waals surface area contributed by atoms with Crippen molar-refractivity contribution in [3.63, 3.8) is 0 Å². The molecule has 0 aliphatic carbocycles. The molecule has 8 aromatic carbocycles. The first-order chi connectivity index (χ1) is 46.1. The molecule has 0 aliphatic rings. The molecule has 0 saturated carbocycles. The van der Waals surface area contributed by atoms with E-state index in [-0.39, 0.29) is 65.1 Å². The van der Waals surface area contributed by atoms with Gasteiger partial charge in [0.2, 0.25) is 0 Å². The number of para-hydroxylation sites is 2. The largest absolute Gasteiger partial charge is 0.507 e. The Morgan fingerprint density at radius 3 is 0.980 bits per heavy atom. The molecule has 0 bridgehead atoms. The van der Waals surface area contributed by atoms with Gasteiger partial charge in [0, 0.05) is 67.1 Å². The Labute approximate surface area is 604 Å². The number of hydrogen-bond donors (Lipinski definition) is 2. The molecule has 506 valence electrons. The second kappa shape index (κ2) is 28.5. The zero-order valence-electron chi connectivity index (χ0n) is 61.0. The minimum absolute atomic E-state index is 0. The van der Waals surface area contributed by atoms with Gasteiger partial charge in [-0.05, 0) is 177 Å². The van der Waals surface area contributed by atoms with Crippen molar-refractivity contribution in [2.24, 2.45) is 0 Å². The Bertz CT molecular complexity index is 4490. The number of phenols is 2. The first-order valence-electron chi connectivity index (χ1n) is 34.3. The van der Waals surface area contributed by atoms with Crippen LogP contribution in [0.25, 0.3) is 112 Å². The van der Waals surface area contributed by atoms with Gasteiger partial charge in [-0.3, -0.25) is 15.0 Å². The van der Waals surface area contributed by atoms with Crippen molar-refractivity contribution in [2.45, 2.75) is 157 Å². The van der Waals surface area contributed by atoms with Gasteiger partial charge < -0.3 is 10.2 Å². The second-order valence-corrected chi connectivity index (χ2v) is 32.5. The Hall–Kier alpha value is -9.35. The number of phenolic OH excluding ortho intramolecular Hbond substituents is 2. The Morgan fingerprint density at radius 2 is 0.566 bits per heavy atom. The first kappa shape index (κ1) is 72.4. The monoisotopic (exact) mass is 1480 g/mol. The van der Waals surface area contributed by atoms with E-state index in [1.165, 1.54) is 38.9 Å². The van der Waals surface area contributed by atoms with E-state index < -0.39 is 0 Å². The smallest absolute Gasteiger partial charge is 0.124 e. The zero-order chi connectivity index (χ0) is 70.3. The maximum Gasteiger partial charge on any atom is 0.124 e. The molecule has 7 heteroatoms. The van der Waals surface area contributed by atoms with E-state index in [1.54, 1.807) is 12.1 Å². The van der Waals surface area contributed by atoms with Gasteiger partial charge in [0.05, 0.1) is 22.8 Å². The van der Waals surface area contributed by atoms with E-state index >= 15 is 0 Å². The number of rotatable bonds is 10. The molecule has 0 spiro atoms. The summed E-state index contributed by atoms with van der Waals surface area (Å²) >= 11 is 0. The number of hydrogen-bond acceptors (Lipinski definition) is 6. The summed E-state index contributed by atoms with van der Waals surface area (Å²) in [5.74, 6) is 0.411. The van der Waals surface area contributed by atoms with E-state index in [4.69, 9.17) is 19.9 Å². The van der Waals surface area contributed by atoms with Gasteiger partial charge in [-0.1, -0.05) is 275 Å². The topological polar surface area (TPSA) is 92.0 Å². The van der Waals surface area contributed by atoms with Crippen LogP contribution >= 0.6 is 0 Å². The minimum atomic E-state index is -0.0231. The van der Waals surface area contributed by atoms with E-state index in [2.05, 4.69) is 294 Å². The fraction of sp³-hybridized carbons (Fsp3) is 0.261. The van der Waals surface area contributed by atoms with Crippen molar-refractivity contribution < 1.29 is 31.3 Å². The van der Waals surface area contributed by atoms with Crippen LogP contribution in [0.4, 0.5) is 0 Å². The predicted molar refractivity (Wildman–Crippen MR) is 413 cm³/mol. The quantitative estimate of drug-likeness (QED) is 0.133. The molecular weight excluding hydrogens is 1390 g/mol. The average Bonchev–Trinajstić information content (AvgIpc) is 0.780. The molecule has 4 heterocycles. The van der Waals surface area contributed by atoms with E-state index in [9.17, 15) is 10.2 Å². The predicted octanol–water partition coefficient (Wildman–Crippen LogP) is 24.6. The zero-order valence-corrected chi connectivity index (χ0v) is 63.3. The summed E-state index contributed by atoms with van der Waals surface area (Å²) in [4.78, 5) is 19.8. The van der Waals surface area contributed by atoms with Gasteiger partial charge >= 0.3 is 0 Å². The fourth-order valence-electron chi connectivity index (χ4n) is 12.1. The van der Waals surface area contributed by atoms with Gasteiger partial charge in [-0.25, -0.2) is 4.98 Å². The number of aromatic nitrogens is 4. The summed E-state index contributed by atoms with van der Waals surface area (Å²) in [7, 11) is 0. The standard InChI is InChI=1S/C46H48N2O.C46H47N2O.Pt/c2*1-44(2,3)36-19-17-30(18-20-36)31-21-22-47-40(26-31)32-13-12-14-33(23-32)41-27-35(28-42(48-41)39-15-10-11-16-43(39)49)34-24-37(45(4,5)6)29-38(25-34)46(7,8)9;/h10-29,49H,1-9H3;10-22,24-29,49H,1-9H3;/q;-1;. The van der Waals surface area contributed by atoms with Gasteiger partial charge in [-0.2, -0.15) is 0 Å². The molecule has 0 radical (unpaired) electrons. The van der Waals surface area contributed by atoms with Crippen molar-refractivity contribution in [1.29, 1.82) is 0 Å². The number of pyridine rings is 4. The van der Waals surface area contributed by atoms with Crippen molar-refractivity contribution in [3.8, 4) is 124 Å². The fourth-order valence-corrected chi connectivity index (χ4v) is 12.1. The van der Waals surface area contributed by atoms with Crippen LogP contribution in [0.1, 0.15) is 158 Å². The summed E-state index contributed by atoms with van der Waals surface area (Å²) in [6.07, 6.45) is 3.76. The van der Waals surface area contributed by atoms with Crippen LogP contribution < -0.4 is 0 Å². The molecule has 0 amide bonds. The van der Waals surface area contributed by atoms with Crippen LogP contribution in [-0.2, 0) is 53.6 Å². The molecule has 4 aromatic heterocycles. The van der Waals surface area contributed by atoms with Crippen LogP contribution in [-0.4, -0.2) is 30.1 Å². The number of benzene rings is 8. The average molecular weight is 1480 g/mol. The maximum absolute atomic E-state index is 10.9. The molecule has 12 aromatic rings. The van der Waals surface area contributed by atoms with Gasteiger partial charge in [0.25, 0.3) is 0 Å². The summed E-state index contributed by atoms with van der Waals surface area (Å²) < 4.78 is 0. The number of nitrogens with zero attached hydrogens (tertiary/aromatic N) is 4. The van der Waals surface area contributed by atoms with Gasteiger partial charge in [0.1, 0.15) is 11.5 Å². The SMILES string of the molecule is CC(C)(C)c1ccc(-c2ccnc(-c3[c-]c(-c4cc(-c5cc(C(C)(C)C)cc(C(C)(C)C)c5)cc(-c5ccccc5O)n4)ccc3)c2)cc1.CC(C)(C)c1ccc(-c2ccnc(-c3cccc(-c4cc(-c5cc(C(C)(C)C)cc(C(C)(C)C)c5)cc(-c5ccccc5O)n4)c3)c2)cc1.[Pt]. The molecule has 0 saturated heterocycles. The van der Waals surface area contributed by atoms with E-state index in [0.29, 0.717) is 16.8 Å². The third-order valence-corrected chi connectivity index (χ3v) is 18.5. The molecule has 6 nitrogen and oxygen atoms in total. The molecule has 0 atom stereocenters. The normalized spacial score (nSPS) is 12.1. The third kappa shape index (κ3) is 17.2. The van der Waals surface area contributed by atoms with Crippen molar-refractivity contribution in [3.05, 3.63) is 276 Å². The molecular formula is C92H95N4O2Pt-. The van der Waals surface area contributed by atoms with E-state index in [1.807, 2.05) is 60.9 Å². The Morgan fingerprint density at radius 1 is 0.242 bits per heavy atom. The van der Waals surface area contributed by atoms with E-state index in [0.717, 1.165) is 89.7 Å². The van der Waals surface area contributed by atoms with Crippen molar-refractivity contribution >= 4 is 0 Å². The molecule has 0 unspecified atom stereocenters. The van der Waals surface area contributed by atoms with Crippen LogP contribution in [0.3, 0.4) is 0 Å². The first-order valence-corrected chi connectivity index (χ1v) is 34.3. The third-order valence-electron chi connectivity index (χ3n) is 18.5. The molecule has 0 fully saturated rings. The molecule has 12 rings (SSSR count). The van der Waals surface area contributed by atoms with Crippen LogP contribution in [0.15, 0.2) is 237 Å². The Kier molecular flexibility index (Phi) is 20.8. The Balaban J connectivity index is 0.000000212. The number of aromatic hydroxyl groups is 2. The van der Waals surface area contributed by atoms with Gasteiger partial charge in [0.15, 0.2) is 0 Å². The minimum Gasteiger partial charge on any atom is -0.507 e. The molecule has 2 N–H and O–H groups in total. The van der Waals surface area contributed by atoms with Crippen LogP contribution in [0.2, 0.25) is 0 Å². The summed E-state index contributed by atoms with van der Waals surface area (Å²) in [6, 6.07) is 81.5. The van der Waals surface area contributed by atoms with Crippen molar-refractivity contribution in [2.75, 3.05) is 0 Å². The van der Waals surface area contributed by atoms with Gasteiger partial charge in [-0.15, -0.1) is 24.3 Å². The summed E-state index contributed by atoms with van der Waals surface area (Å²) in [5, 5.41) is 21.8. The summed E-state index contributed by atoms with van der Waals surface area (Å²) in [5.41, 5.74) is 26.8. The summed E-state index contributed by atoms with van der Waals surface area (Å²) in [6.45, 7) is 40.5. The second-order valence-electron chi connectivity index (χ2n) is 32.5. The maximum atomic E-state index is 10.9. The van der Waals surface area contributed by atoms with Crippen LogP contribution in [0, 0.1) is 6.07 Å². The molecule has 0 aliphatic heterocycles.